The van der Waals surface area contributed by atoms with Crippen LogP contribution in [-0.4, -0.2) is 52.7 Å². The third-order valence-corrected chi connectivity index (χ3v) is 3.78. The minimum atomic E-state index is -0.955. The Kier molecular flexibility index (Phi) is 5.14. The predicted octanol–water partition coefficient (Wildman–Crippen LogP) is 1.69. The molecule has 0 aromatic carbocycles. The number of nitrogens with zero attached hydrogens (tertiary/aromatic N) is 2. The highest BCUT2D eigenvalue weighted by molar-refractivity contribution is 6.32. The van der Waals surface area contributed by atoms with Crippen LogP contribution < -0.4 is 0 Å². The van der Waals surface area contributed by atoms with Gasteiger partial charge < -0.3 is 14.7 Å². The van der Waals surface area contributed by atoms with Gasteiger partial charge in [-0.2, -0.15) is 0 Å². The molecule has 21 heavy (non-hydrogen) atoms. The second-order valence-electron chi connectivity index (χ2n) is 4.89. The van der Waals surface area contributed by atoms with Gasteiger partial charge in [-0.3, -0.25) is 9.59 Å². The molecule has 114 valence electrons. The molecule has 0 aliphatic carbocycles. The number of pyridine rings is 1. The lowest BCUT2D eigenvalue weighted by Crippen LogP contribution is -2.47. The summed E-state index contributed by atoms with van der Waals surface area (Å²) < 4.78 is 5.25. The number of carbonyl (C=O) groups excluding carboxylic acids is 1. The molecule has 6 nitrogen and oxygen atoms in total. The van der Waals surface area contributed by atoms with E-state index in [2.05, 4.69) is 4.98 Å². The minimum absolute atomic E-state index is 0.119. The zero-order chi connectivity index (χ0) is 15.4. The van der Waals surface area contributed by atoms with Crippen molar-refractivity contribution in [1.82, 2.24) is 9.88 Å². The van der Waals surface area contributed by atoms with Gasteiger partial charge in [0.2, 0.25) is 0 Å². The zero-order valence-electron chi connectivity index (χ0n) is 11.7. The zero-order valence-corrected chi connectivity index (χ0v) is 12.4. The Morgan fingerprint density at radius 2 is 2.29 bits per heavy atom. The summed E-state index contributed by atoms with van der Waals surface area (Å²) in [6.07, 6.45) is 2.22. The number of amides is 1. The van der Waals surface area contributed by atoms with Crippen LogP contribution in [-0.2, 0) is 9.53 Å². The molecule has 1 aliphatic rings. The molecule has 1 N–H and O–H groups in total. The summed E-state index contributed by atoms with van der Waals surface area (Å²) in [5.41, 5.74) is 0.281. The van der Waals surface area contributed by atoms with E-state index in [4.69, 9.17) is 16.3 Å². The predicted molar refractivity (Wildman–Crippen MR) is 76.3 cm³/mol. The van der Waals surface area contributed by atoms with Crippen molar-refractivity contribution in [3.8, 4) is 0 Å². The van der Waals surface area contributed by atoms with E-state index in [0.717, 1.165) is 0 Å². The summed E-state index contributed by atoms with van der Waals surface area (Å²) in [6, 6.07) is 2.74. The normalized spacial score (nSPS) is 21.2. The summed E-state index contributed by atoms with van der Waals surface area (Å²) in [5, 5.41) is 9.37. The molecule has 1 saturated heterocycles. The Morgan fingerprint density at radius 1 is 1.52 bits per heavy atom. The van der Waals surface area contributed by atoms with Crippen LogP contribution in [0, 0.1) is 5.92 Å². The summed E-state index contributed by atoms with van der Waals surface area (Å²) >= 11 is 5.96. The average Bonchev–Trinajstić information content (AvgIpc) is 2.94. The summed E-state index contributed by atoms with van der Waals surface area (Å²) in [5.74, 6) is -1.98. The Hall–Kier alpha value is -1.66. The molecule has 7 heteroatoms. The number of carboxylic acid groups (broad SMARTS) is 1. The maximum atomic E-state index is 12.7. The lowest BCUT2D eigenvalue weighted by molar-refractivity contribution is -0.142. The van der Waals surface area contributed by atoms with E-state index in [1.54, 1.807) is 12.1 Å². The average molecular weight is 313 g/mol. The maximum Gasteiger partial charge on any atom is 0.311 e. The van der Waals surface area contributed by atoms with E-state index >= 15 is 0 Å². The molecule has 2 atom stereocenters. The fraction of sp³-hybridized carbons (Fsp3) is 0.500. The molecule has 0 bridgehead atoms. The van der Waals surface area contributed by atoms with Gasteiger partial charge >= 0.3 is 5.97 Å². The molecule has 2 rings (SSSR count). The van der Waals surface area contributed by atoms with Gasteiger partial charge in [-0.25, -0.2) is 4.98 Å². The number of carboxylic acids is 1. The third kappa shape index (κ3) is 3.33. The van der Waals surface area contributed by atoms with Crippen molar-refractivity contribution in [2.24, 2.45) is 5.92 Å². The molecule has 2 heterocycles. The number of ether oxygens (including phenoxy) is 1. The van der Waals surface area contributed by atoms with E-state index in [1.165, 1.54) is 11.1 Å². The molecule has 1 fully saturated rings. The Labute approximate surface area is 127 Å². The van der Waals surface area contributed by atoms with Crippen LogP contribution >= 0.6 is 11.6 Å². The highest BCUT2D eigenvalue weighted by Crippen LogP contribution is 2.24. The number of aliphatic carboxylic acids is 1. The van der Waals surface area contributed by atoms with E-state index < -0.39 is 17.9 Å². The van der Waals surface area contributed by atoms with Crippen LogP contribution in [0.5, 0.6) is 0 Å². The quantitative estimate of drug-likeness (QED) is 0.837. The SMILES string of the molecule is CCCN(C(=O)c1cccnc1Cl)C1COCC1C(=O)O. The number of hydrogen-bond donors (Lipinski definition) is 1. The van der Waals surface area contributed by atoms with Crippen LogP contribution in [0.4, 0.5) is 0 Å². The lowest BCUT2D eigenvalue weighted by Gasteiger charge is -2.30. The summed E-state index contributed by atoms with van der Waals surface area (Å²) in [7, 11) is 0. The minimum Gasteiger partial charge on any atom is -0.481 e. The lowest BCUT2D eigenvalue weighted by atomic mass is 10.0. The molecule has 0 saturated carbocycles. The van der Waals surface area contributed by atoms with Crippen molar-refractivity contribution in [2.45, 2.75) is 19.4 Å². The van der Waals surface area contributed by atoms with Crippen molar-refractivity contribution in [3.05, 3.63) is 29.0 Å². The largest absolute Gasteiger partial charge is 0.481 e. The van der Waals surface area contributed by atoms with Gasteiger partial charge in [0.15, 0.2) is 0 Å². The Bertz CT molecular complexity index is 537. The smallest absolute Gasteiger partial charge is 0.311 e. The molecule has 2 unspecified atom stereocenters. The molecular formula is C14H17ClN2O4. The van der Waals surface area contributed by atoms with Crippen LogP contribution in [0.2, 0.25) is 5.15 Å². The number of aromatic nitrogens is 1. The van der Waals surface area contributed by atoms with Crippen molar-refractivity contribution in [2.75, 3.05) is 19.8 Å². The van der Waals surface area contributed by atoms with E-state index in [1.807, 2.05) is 6.92 Å². The van der Waals surface area contributed by atoms with Gasteiger partial charge in [0.05, 0.1) is 24.8 Å². The topological polar surface area (TPSA) is 79.7 Å². The number of rotatable bonds is 5. The first-order valence-corrected chi connectivity index (χ1v) is 7.16. The van der Waals surface area contributed by atoms with Gasteiger partial charge in [-0.15, -0.1) is 0 Å². The van der Waals surface area contributed by atoms with Gasteiger partial charge in [-0.05, 0) is 18.6 Å². The maximum absolute atomic E-state index is 12.7. The van der Waals surface area contributed by atoms with Crippen molar-refractivity contribution in [1.29, 1.82) is 0 Å². The van der Waals surface area contributed by atoms with Gasteiger partial charge in [0.1, 0.15) is 11.1 Å². The monoisotopic (exact) mass is 312 g/mol. The van der Waals surface area contributed by atoms with Gasteiger partial charge in [0.25, 0.3) is 5.91 Å². The molecule has 1 aromatic heterocycles. The van der Waals surface area contributed by atoms with Crippen molar-refractivity contribution >= 4 is 23.5 Å². The first kappa shape index (κ1) is 15.7. The summed E-state index contributed by atoms with van der Waals surface area (Å²) in [4.78, 5) is 29.4. The summed E-state index contributed by atoms with van der Waals surface area (Å²) in [6.45, 7) is 2.72. The number of hydrogen-bond acceptors (Lipinski definition) is 4. The molecule has 1 aliphatic heterocycles. The third-order valence-electron chi connectivity index (χ3n) is 3.48. The van der Waals surface area contributed by atoms with Crippen LogP contribution in [0.3, 0.4) is 0 Å². The number of carbonyl (C=O) groups is 2. The second-order valence-corrected chi connectivity index (χ2v) is 5.25. The van der Waals surface area contributed by atoms with Gasteiger partial charge in [0, 0.05) is 12.7 Å². The molecule has 1 amide bonds. The molecule has 0 radical (unpaired) electrons. The second kappa shape index (κ2) is 6.87. The van der Waals surface area contributed by atoms with Crippen LogP contribution in [0.1, 0.15) is 23.7 Å². The van der Waals surface area contributed by atoms with Crippen molar-refractivity contribution < 1.29 is 19.4 Å². The van der Waals surface area contributed by atoms with E-state index in [0.29, 0.717) is 13.0 Å². The fourth-order valence-corrected chi connectivity index (χ4v) is 2.65. The van der Waals surface area contributed by atoms with E-state index in [9.17, 15) is 14.7 Å². The van der Waals surface area contributed by atoms with Crippen LogP contribution in [0.15, 0.2) is 18.3 Å². The number of halogens is 1. The van der Waals surface area contributed by atoms with E-state index in [-0.39, 0.29) is 29.8 Å². The molecular weight excluding hydrogens is 296 g/mol. The van der Waals surface area contributed by atoms with Gasteiger partial charge in [-0.1, -0.05) is 18.5 Å². The fourth-order valence-electron chi connectivity index (χ4n) is 2.45. The molecule has 0 spiro atoms. The Morgan fingerprint density at radius 3 is 2.90 bits per heavy atom. The van der Waals surface area contributed by atoms with Crippen molar-refractivity contribution in [3.63, 3.8) is 0 Å². The Balaban J connectivity index is 2.28. The molecule has 1 aromatic rings. The standard InChI is InChI=1S/C14H17ClN2O4/c1-2-6-17(11-8-21-7-10(11)14(19)20)13(18)9-4-3-5-16-12(9)15/h3-5,10-11H,2,6-8H2,1H3,(H,19,20). The van der Waals surface area contributed by atoms with Crippen LogP contribution in [0.25, 0.3) is 0 Å². The first-order valence-electron chi connectivity index (χ1n) is 6.78. The first-order chi connectivity index (χ1) is 10.1. The highest BCUT2D eigenvalue weighted by Gasteiger charge is 2.40. The highest BCUT2D eigenvalue weighted by atomic mass is 35.5.